The number of amides is 2. The van der Waals surface area contributed by atoms with Gasteiger partial charge in [-0.05, 0) is 24.3 Å². The molecule has 3 fully saturated rings. The van der Waals surface area contributed by atoms with Gasteiger partial charge in [0.25, 0.3) is 0 Å². The average molecular weight is 332 g/mol. The topological polar surface area (TPSA) is 75.7 Å². The highest BCUT2D eigenvalue weighted by Crippen LogP contribution is 2.45. The molecule has 1 aromatic rings. The number of carbonyl (C=O) groups is 3. The van der Waals surface area contributed by atoms with Crippen LogP contribution in [0.4, 0.5) is 0 Å². The Morgan fingerprint density at radius 3 is 2.61 bits per heavy atom. The molecule has 3 saturated heterocycles. The fraction of sp³-hybridized carbons (Fsp3) is 0.438. The lowest BCUT2D eigenvalue weighted by atomic mass is 9.86. The van der Waals surface area contributed by atoms with Crippen molar-refractivity contribution in [3.63, 3.8) is 0 Å². The fourth-order valence-corrected chi connectivity index (χ4v) is 5.19. The Kier molecular flexibility index (Phi) is 3.42. The molecule has 0 aromatic heterocycles. The summed E-state index contributed by atoms with van der Waals surface area (Å²) in [6, 6.07) is 6.30. The van der Waals surface area contributed by atoms with E-state index in [2.05, 4.69) is 5.32 Å². The van der Waals surface area contributed by atoms with E-state index in [9.17, 15) is 14.4 Å². The van der Waals surface area contributed by atoms with Gasteiger partial charge >= 0.3 is 0 Å². The van der Waals surface area contributed by atoms with E-state index in [-0.39, 0.29) is 23.6 Å². The zero-order valence-electron chi connectivity index (χ0n) is 12.5. The van der Waals surface area contributed by atoms with Crippen LogP contribution in [0.2, 0.25) is 0 Å². The molecule has 3 aliphatic heterocycles. The second kappa shape index (κ2) is 5.35. The van der Waals surface area contributed by atoms with Crippen LogP contribution in [0.3, 0.4) is 0 Å². The minimum atomic E-state index is -0.567. The van der Waals surface area contributed by atoms with E-state index in [4.69, 9.17) is 4.74 Å². The number of fused-ring (bicyclic) bond motifs is 3. The van der Waals surface area contributed by atoms with Gasteiger partial charge in [0.15, 0.2) is 5.78 Å². The van der Waals surface area contributed by atoms with Crippen molar-refractivity contribution in [2.24, 2.45) is 11.8 Å². The number of nitrogens with one attached hydrogen (secondary N) is 1. The summed E-state index contributed by atoms with van der Waals surface area (Å²) in [7, 11) is 1.57. The molecular formula is C16H16N2O4S. The van der Waals surface area contributed by atoms with Crippen LogP contribution >= 0.6 is 11.8 Å². The van der Waals surface area contributed by atoms with Crippen LogP contribution in [-0.2, 0) is 9.59 Å². The highest BCUT2D eigenvalue weighted by Gasteiger charge is 2.62. The Labute approximate surface area is 137 Å². The molecular weight excluding hydrogens is 316 g/mol. The van der Waals surface area contributed by atoms with E-state index in [1.807, 2.05) is 4.90 Å². The molecule has 0 spiro atoms. The summed E-state index contributed by atoms with van der Waals surface area (Å²) in [4.78, 5) is 39.3. The molecule has 1 N–H and O–H groups in total. The number of rotatable bonds is 3. The molecule has 0 saturated carbocycles. The molecule has 6 nitrogen and oxygen atoms in total. The predicted octanol–water partition coefficient (Wildman–Crippen LogP) is 0.524. The van der Waals surface area contributed by atoms with Gasteiger partial charge in [0.05, 0.1) is 25.0 Å². The number of hydrogen-bond acceptors (Lipinski definition) is 6. The zero-order valence-corrected chi connectivity index (χ0v) is 13.3. The average Bonchev–Trinajstić information content (AvgIpc) is 3.20. The van der Waals surface area contributed by atoms with Gasteiger partial charge in [0.2, 0.25) is 11.8 Å². The Balaban J connectivity index is 1.69. The first kappa shape index (κ1) is 14.7. The third-order valence-electron chi connectivity index (χ3n) is 4.95. The van der Waals surface area contributed by atoms with Crippen LogP contribution in [0, 0.1) is 11.8 Å². The molecule has 0 bridgehead atoms. The van der Waals surface area contributed by atoms with Crippen LogP contribution in [-0.4, -0.2) is 53.3 Å². The zero-order chi connectivity index (χ0) is 16.1. The quantitative estimate of drug-likeness (QED) is 0.643. The van der Waals surface area contributed by atoms with Gasteiger partial charge in [-0.1, -0.05) is 0 Å². The maximum absolute atomic E-state index is 13.0. The van der Waals surface area contributed by atoms with Crippen molar-refractivity contribution in [1.82, 2.24) is 10.2 Å². The van der Waals surface area contributed by atoms with E-state index >= 15 is 0 Å². The Morgan fingerprint density at radius 1 is 1.22 bits per heavy atom. The smallest absolute Gasteiger partial charge is 0.232 e. The van der Waals surface area contributed by atoms with E-state index in [0.717, 1.165) is 5.75 Å². The van der Waals surface area contributed by atoms with Crippen molar-refractivity contribution in [3.8, 4) is 5.75 Å². The highest BCUT2D eigenvalue weighted by atomic mass is 32.2. The molecule has 7 heteroatoms. The second-order valence-corrected chi connectivity index (χ2v) is 7.02. The number of thioether (sulfide) groups is 1. The minimum Gasteiger partial charge on any atom is -0.497 e. The minimum absolute atomic E-state index is 0.0244. The molecule has 0 radical (unpaired) electrons. The number of hydrogen-bond donors (Lipinski definition) is 1. The van der Waals surface area contributed by atoms with Crippen molar-refractivity contribution in [2.75, 3.05) is 18.7 Å². The lowest BCUT2D eigenvalue weighted by molar-refractivity contribution is -0.127. The van der Waals surface area contributed by atoms with Crippen molar-refractivity contribution in [3.05, 3.63) is 29.8 Å². The van der Waals surface area contributed by atoms with Gasteiger partial charge in [-0.3, -0.25) is 24.6 Å². The standard InChI is InChI=1S/C16H16N2O4S/c1-22-9-4-2-8(3-5-9)14(19)13-12-11(15(20)17-16(12)21)10-6-23-7-18(10)13/h2-5,10-13H,6-7H2,1H3,(H,17,20,21)/t10-,11+,12+,13+/m1/s1. The number of methoxy groups -OCH3 is 1. The van der Waals surface area contributed by atoms with Gasteiger partial charge in [0.1, 0.15) is 5.75 Å². The highest BCUT2D eigenvalue weighted by molar-refractivity contribution is 7.99. The molecule has 0 aliphatic carbocycles. The summed E-state index contributed by atoms with van der Waals surface area (Å²) >= 11 is 1.70. The predicted molar refractivity (Wildman–Crippen MR) is 84.2 cm³/mol. The first-order valence-corrected chi connectivity index (χ1v) is 8.64. The van der Waals surface area contributed by atoms with Gasteiger partial charge < -0.3 is 4.74 Å². The molecule has 120 valence electrons. The van der Waals surface area contributed by atoms with E-state index in [1.54, 1.807) is 43.1 Å². The second-order valence-electron chi connectivity index (χ2n) is 6.02. The monoisotopic (exact) mass is 332 g/mol. The first-order valence-electron chi connectivity index (χ1n) is 7.48. The summed E-state index contributed by atoms with van der Waals surface area (Å²) in [6.45, 7) is 0. The summed E-state index contributed by atoms with van der Waals surface area (Å²) in [6.07, 6.45) is 0. The number of nitrogens with zero attached hydrogens (tertiary/aromatic N) is 1. The van der Waals surface area contributed by atoms with E-state index < -0.39 is 17.9 Å². The number of benzene rings is 1. The maximum Gasteiger partial charge on any atom is 0.232 e. The normalized spacial score (nSPS) is 32.6. The van der Waals surface area contributed by atoms with E-state index in [1.165, 1.54) is 0 Å². The molecule has 4 atom stereocenters. The largest absolute Gasteiger partial charge is 0.497 e. The number of imide groups is 1. The van der Waals surface area contributed by atoms with Gasteiger partial charge in [-0.15, -0.1) is 11.8 Å². The van der Waals surface area contributed by atoms with Gasteiger partial charge in [0, 0.05) is 23.2 Å². The molecule has 3 heterocycles. The Hall–Kier alpha value is -1.86. The van der Waals surface area contributed by atoms with Crippen LogP contribution in [0.5, 0.6) is 5.75 Å². The van der Waals surface area contributed by atoms with Crippen molar-refractivity contribution in [1.29, 1.82) is 0 Å². The number of Topliss-reactive ketones (excluding diaryl/α,β-unsaturated/α-hetero) is 1. The fourth-order valence-electron chi connectivity index (χ4n) is 3.88. The Bertz CT molecular complexity index is 690. The van der Waals surface area contributed by atoms with Crippen molar-refractivity contribution < 1.29 is 19.1 Å². The van der Waals surface area contributed by atoms with E-state index in [0.29, 0.717) is 17.2 Å². The SMILES string of the molecule is COc1ccc(C(=O)[C@@H]2[C@H]3C(=O)NC(=O)[C@H]3[C@H]3CSCN32)cc1. The summed E-state index contributed by atoms with van der Waals surface area (Å²) in [5.41, 5.74) is 0.541. The lowest BCUT2D eigenvalue weighted by Crippen LogP contribution is -2.44. The summed E-state index contributed by atoms with van der Waals surface area (Å²) in [5.74, 6) is 0.534. The lowest BCUT2D eigenvalue weighted by Gasteiger charge is -2.24. The number of carbonyl (C=O) groups excluding carboxylic acids is 3. The van der Waals surface area contributed by atoms with Crippen LogP contribution in [0.25, 0.3) is 0 Å². The molecule has 0 unspecified atom stereocenters. The third kappa shape index (κ3) is 2.10. The maximum atomic E-state index is 13.0. The molecule has 4 rings (SSSR count). The number of ether oxygens (including phenoxy) is 1. The molecule has 23 heavy (non-hydrogen) atoms. The van der Waals surface area contributed by atoms with Crippen LogP contribution in [0.1, 0.15) is 10.4 Å². The van der Waals surface area contributed by atoms with Crippen molar-refractivity contribution >= 4 is 29.4 Å². The van der Waals surface area contributed by atoms with Gasteiger partial charge in [-0.2, -0.15) is 0 Å². The molecule has 3 aliphatic rings. The number of ketones is 1. The first-order chi connectivity index (χ1) is 11.1. The molecule has 2 amide bonds. The van der Waals surface area contributed by atoms with Crippen molar-refractivity contribution in [2.45, 2.75) is 12.1 Å². The Morgan fingerprint density at radius 2 is 1.91 bits per heavy atom. The summed E-state index contributed by atoms with van der Waals surface area (Å²) < 4.78 is 5.11. The van der Waals surface area contributed by atoms with Gasteiger partial charge in [-0.25, -0.2) is 0 Å². The summed E-state index contributed by atoms with van der Waals surface area (Å²) in [5, 5.41) is 2.40. The molecule has 1 aromatic carbocycles. The van der Waals surface area contributed by atoms with Crippen LogP contribution in [0.15, 0.2) is 24.3 Å². The third-order valence-corrected chi connectivity index (χ3v) is 6.01. The van der Waals surface area contributed by atoms with Crippen LogP contribution < -0.4 is 10.1 Å².